The molecule has 2 aromatic carbocycles. The molecule has 2 aromatic rings. The third-order valence-corrected chi connectivity index (χ3v) is 6.60. The molecule has 2 atom stereocenters. The van der Waals surface area contributed by atoms with Crippen LogP contribution in [0.4, 0.5) is 5.69 Å². The molecule has 1 aliphatic carbocycles. The summed E-state index contributed by atoms with van der Waals surface area (Å²) in [5.41, 5.74) is -2.74. The van der Waals surface area contributed by atoms with Crippen LogP contribution in [-0.4, -0.2) is 36.9 Å². The average molecular weight is 490 g/mol. The average Bonchev–Trinajstić information content (AvgIpc) is 3.43. The first-order valence-corrected chi connectivity index (χ1v) is 10.2. The fraction of sp³-hybridized carbons (Fsp3) is 0.318. The Balaban J connectivity index is 2.24. The number of carbonyl (C=O) groups is 3. The van der Waals surface area contributed by atoms with Crippen molar-refractivity contribution in [1.82, 2.24) is 0 Å². The second kappa shape index (κ2) is 8.22. The van der Waals surface area contributed by atoms with Crippen LogP contribution in [0.2, 0.25) is 0 Å². The van der Waals surface area contributed by atoms with Crippen LogP contribution >= 0.6 is 15.9 Å². The summed E-state index contributed by atoms with van der Waals surface area (Å²) in [6.07, 6.45) is 0.147. The number of rotatable bonds is 7. The van der Waals surface area contributed by atoms with Gasteiger partial charge in [0, 0.05) is 28.1 Å². The monoisotopic (exact) mass is 489 g/mol. The summed E-state index contributed by atoms with van der Waals surface area (Å²) >= 11 is 3.32. The van der Waals surface area contributed by atoms with Gasteiger partial charge in [0.1, 0.15) is 0 Å². The number of ether oxygens (including phenoxy) is 2. The molecule has 3 rings (SSSR count). The van der Waals surface area contributed by atoms with Gasteiger partial charge in [-0.3, -0.25) is 24.5 Å². The maximum Gasteiger partial charge on any atom is 0.324 e. The van der Waals surface area contributed by atoms with Crippen molar-refractivity contribution >= 4 is 39.3 Å². The highest BCUT2D eigenvalue weighted by molar-refractivity contribution is 9.10. The quantitative estimate of drug-likeness (QED) is 0.189. The zero-order chi connectivity index (χ0) is 23.0. The minimum atomic E-state index is -1.90. The number of carbonyl (C=O) groups excluding carboxylic acids is 3. The van der Waals surface area contributed by atoms with Crippen molar-refractivity contribution in [2.24, 2.45) is 10.8 Å². The first-order chi connectivity index (χ1) is 14.7. The number of Topliss-reactive ketones (excluding diaryl/α,β-unsaturated/α-hetero) is 1. The zero-order valence-electron chi connectivity index (χ0n) is 17.1. The van der Waals surface area contributed by atoms with Crippen LogP contribution in [0.1, 0.15) is 35.2 Å². The minimum absolute atomic E-state index is 0.146. The van der Waals surface area contributed by atoms with E-state index in [9.17, 15) is 24.5 Å². The maximum absolute atomic E-state index is 13.7. The Morgan fingerprint density at radius 2 is 1.52 bits per heavy atom. The molecule has 0 saturated heterocycles. The molecule has 1 saturated carbocycles. The molecule has 31 heavy (non-hydrogen) atoms. The molecule has 0 bridgehead atoms. The second-order valence-electron chi connectivity index (χ2n) is 7.23. The highest BCUT2D eigenvalue weighted by atomic mass is 79.9. The van der Waals surface area contributed by atoms with Crippen LogP contribution in [0.15, 0.2) is 53.0 Å². The summed E-state index contributed by atoms with van der Waals surface area (Å²) in [5, 5.41) is 11.0. The Morgan fingerprint density at radius 3 is 1.94 bits per heavy atom. The maximum atomic E-state index is 13.7. The van der Waals surface area contributed by atoms with Crippen LogP contribution in [-0.2, 0) is 19.1 Å². The van der Waals surface area contributed by atoms with Gasteiger partial charge in [-0.15, -0.1) is 0 Å². The third-order valence-electron chi connectivity index (χ3n) is 6.07. The molecule has 0 radical (unpaired) electrons. The van der Waals surface area contributed by atoms with Crippen molar-refractivity contribution in [3.8, 4) is 0 Å². The standard InChI is InChI=1S/C22H20BrNO7/c1-4-21(18(25)14-5-9-15(23)10-6-14)17(13-7-11-16(12-8-13)24(28)29)22(21,19(26)30-2)20(27)31-3/h5-12,17H,4H2,1-3H3/t17-,21+/m1/s1. The third kappa shape index (κ3) is 3.15. The van der Waals surface area contributed by atoms with E-state index in [4.69, 9.17) is 9.47 Å². The van der Waals surface area contributed by atoms with Gasteiger partial charge < -0.3 is 9.47 Å². The lowest BCUT2D eigenvalue weighted by Gasteiger charge is -2.20. The van der Waals surface area contributed by atoms with Crippen molar-refractivity contribution < 1.29 is 28.8 Å². The lowest BCUT2D eigenvalue weighted by Crippen LogP contribution is -2.37. The predicted molar refractivity (Wildman–Crippen MR) is 113 cm³/mol. The number of methoxy groups -OCH3 is 2. The SMILES string of the molecule is CC[C@@]1(C(=O)c2ccc(Br)cc2)[C@@H](c2ccc([N+](=O)[O-])cc2)C1(C(=O)OC)C(=O)OC. The molecule has 0 spiro atoms. The number of ketones is 1. The molecule has 0 unspecified atom stereocenters. The summed E-state index contributed by atoms with van der Waals surface area (Å²) in [7, 11) is 2.28. The van der Waals surface area contributed by atoms with Gasteiger partial charge in [-0.05, 0) is 24.1 Å². The Bertz CT molecular complexity index is 1030. The molecule has 0 amide bonds. The molecule has 0 N–H and O–H groups in total. The van der Waals surface area contributed by atoms with E-state index in [0.29, 0.717) is 11.1 Å². The van der Waals surface area contributed by atoms with Gasteiger partial charge in [-0.1, -0.05) is 47.1 Å². The second-order valence-corrected chi connectivity index (χ2v) is 8.15. The summed E-state index contributed by atoms with van der Waals surface area (Å²) in [4.78, 5) is 50.3. The number of non-ortho nitro benzene ring substituents is 1. The molecule has 162 valence electrons. The van der Waals surface area contributed by atoms with E-state index < -0.39 is 39.4 Å². The van der Waals surface area contributed by atoms with Gasteiger partial charge in [0.25, 0.3) is 5.69 Å². The van der Waals surface area contributed by atoms with E-state index in [-0.39, 0.29) is 12.1 Å². The van der Waals surface area contributed by atoms with Crippen LogP contribution in [0.3, 0.4) is 0 Å². The molecular weight excluding hydrogens is 470 g/mol. The first-order valence-electron chi connectivity index (χ1n) is 9.43. The Labute approximate surface area is 186 Å². The molecule has 1 fully saturated rings. The number of nitro groups is 1. The first kappa shape index (κ1) is 22.6. The van der Waals surface area contributed by atoms with Crippen molar-refractivity contribution in [1.29, 1.82) is 0 Å². The number of nitrogens with zero attached hydrogens (tertiary/aromatic N) is 1. The zero-order valence-corrected chi connectivity index (χ0v) is 18.7. The number of halogens is 1. The van der Waals surface area contributed by atoms with E-state index in [0.717, 1.165) is 18.7 Å². The normalized spacial score (nSPS) is 21.1. The summed E-state index contributed by atoms with van der Waals surface area (Å²) < 4.78 is 10.7. The van der Waals surface area contributed by atoms with Gasteiger partial charge in [0.15, 0.2) is 11.2 Å². The van der Waals surface area contributed by atoms with Crippen molar-refractivity contribution in [3.63, 3.8) is 0 Å². The van der Waals surface area contributed by atoms with Crippen molar-refractivity contribution in [3.05, 3.63) is 74.2 Å². The summed E-state index contributed by atoms with van der Waals surface area (Å²) in [6, 6.07) is 12.1. The van der Waals surface area contributed by atoms with E-state index in [1.54, 1.807) is 31.2 Å². The number of hydrogen-bond donors (Lipinski definition) is 0. The van der Waals surface area contributed by atoms with E-state index >= 15 is 0 Å². The minimum Gasteiger partial charge on any atom is -0.468 e. The Kier molecular flexibility index (Phi) is 6.00. The van der Waals surface area contributed by atoms with Gasteiger partial charge in [0.05, 0.1) is 24.6 Å². The van der Waals surface area contributed by atoms with Gasteiger partial charge in [-0.25, -0.2) is 0 Å². The van der Waals surface area contributed by atoms with Crippen LogP contribution in [0, 0.1) is 20.9 Å². The topological polar surface area (TPSA) is 113 Å². The lowest BCUT2D eigenvalue weighted by atomic mass is 9.83. The van der Waals surface area contributed by atoms with Crippen molar-refractivity contribution in [2.75, 3.05) is 14.2 Å². The summed E-state index contributed by atoms with van der Waals surface area (Å²) in [5.74, 6) is -3.06. The number of hydrogen-bond acceptors (Lipinski definition) is 7. The van der Waals surface area contributed by atoms with Gasteiger partial charge >= 0.3 is 11.9 Å². The molecule has 8 nitrogen and oxygen atoms in total. The van der Waals surface area contributed by atoms with Crippen molar-refractivity contribution in [2.45, 2.75) is 19.3 Å². The predicted octanol–water partition coefficient (Wildman–Crippen LogP) is 4.07. The number of nitro benzene ring substituents is 1. The molecule has 9 heteroatoms. The van der Waals surface area contributed by atoms with Gasteiger partial charge in [-0.2, -0.15) is 0 Å². The van der Waals surface area contributed by atoms with E-state index in [1.165, 1.54) is 24.3 Å². The largest absolute Gasteiger partial charge is 0.468 e. The van der Waals surface area contributed by atoms with E-state index in [1.807, 2.05) is 0 Å². The van der Waals surface area contributed by atoms with Gasteiger partial charge in [0.2, 0.25) is 0 Å². The lowest BCUT2D eigenvalue weighted by molar-refractivity contribution is -0.384. The molecule has 0 aliphatic heterocycles. The number of benzene rings is 2. The molecule has 1 aliphatic rings. The molecule has 0 aromatic heterocycles. The number of esters is 2. The summed E-state index contributed by atoms with van der Waals surface area (Å²) in [6.45, 7) is 1.71. The van der Waals surface area contributed by atoms with Crippen LogP contribution in [0.5, 0.6) is 0 Å². The van der Waals surface area contributed by atoms with Crippen LogP contribution in [0.25, 0.3) is 0 Å². The Morgan fingerprint density at radius 1 is 1.00 bits per heavy atom. The molecule has 0 heterocycles. The smallest absolute Gasteiger partial charge is 0.324 e. The highest BCUT2D eigenvalue weighted by Gasteiger charge is 2.88. The van der Waals surface area contributed by atoms with Crippen LogP contribution < -0.4 is 0 Å². The fourth-order valence-electron chi connectivity index (χ4n) is 4.68. The highest BCUT2D eigenvalue weighted by Crippen LogP contribution is 2.77. The fourth-order valence-corrected chi connectivity index (χ4v) is 4.94. The van der Waals surface area contributed by atoms with E-state index in [2.05, 4.69) is 15.9 Å². The Hall–Kier alpha value is -3.07. The molecular formula is C22H20BrNO7.